The van der Waals surface area contributed by atoms with Crippen LogP contribution in [0.2, 0.25) is 0 Å². The molecule has 0 aromatic carbocycles. The monoisotopic (exact) mass is 296 g/mol. The fraction of sp³-hybridized carbons (Fsp3) is 0.875. The summed E-state index contributed by atoms with van der Waals surface area (Å²) in [4.78, 5) is 25.3. The summed E-state index contributed by atoms with van der Waals surface area (Å²) in [5.41, 5.74) is 0. The molecular formula is C16H28N2O3. The molecule has 21 heavy (non-hydrogen) atoms. The van der Waals surface area contributed by atoms with E-state index >= 15 is 0 Å². The number of hydrogen-bond acceptors (Lipinski definition) is 3. The van der Waals surface area contributed by atoms with Crippen molar-refractivity contribution in [2.75, 3.05) is 13.1 Å². The van der Waals surface area contributed by atoms with Gasteiger partial charge in [-0.15, -0.1) is 0 Å². The summed E-state index contributed by atoms with van der Waals surface area (Å²) in [5.74, 6) is -0.225. The summed E-state index contributed by atoms with van der Waals surface area (Å²) in [6.45, 7) is 3.44. The van der Waals surface area contributed by atoms with Crippen LogP contribution in [0.1, 0.15) is 58.3 Å². The van der Waals surface area contributed by atoms with E-state index in [9.17, 15) is 14.7 Å². The molecule has 1 heterocycles. The van der Waals surface area contributed by atoms with Gasteiger partial charge in [0.05, 0.1) is 0 Å². The third kappa shape index (κ3) is 4.99. The average Bonchev–Trinajstić information content (AvgIpc) is 2.47. The smallest absolute Gasteiger partial charge is 0.320 e. The molecule has 1 aliphatic carbocycles. The third-order valence-electron chi connectivity index (χ3n) is 4.86. The number of likely N-dealkylation sites (tertiary alicyclic amines) is 1. The Bertz CT molecular complexity index is 367. The van der Waals surface area contributed by atoms with E-state index in [-0.39, 0.29) is 5.91 Å². The Labute approximate surface area is 127 Å². The first kappa shape index (κ1) is 16.3. The molecule has 0 aromatic rings. The molecule has 1 aliphatic heterocycles. The molecule has 0 aromatic heterocycles. The quantitative estimate of drug-likeness (QED) is 0.814. The van der Waals surface area contributed by atoms with Crippen molar-refractivity contribution in [3.8, 4) is 0 Å². The van der Waals surface area contributed by atoms with Gasteiger partial charge < -0.3 is 10.4 Å². The van der Waals surface area contributed by atoms with Gasteiger partial charge in [-0.05, 0) is 38.1 Å². The number of nitrogens with zero attached hydrogens (tertiary/aromatic N) is 1. The first-order valence-corrected chi connectivity index (χ1v) is 8.32. The highest BCUT2D eigenvalue weighted by Gasteiger charge is 2.31. The molecule has 2 atom stereocenters. The summed E-state index contributed by atoms with van der Waals surface area (Å²) in [6, 6.07) is -0.0841. The van der Waals surface area contributed by atoms with Crippen molar-refractivity contribution in [1.29, 1.82) is 0 Å². The van der Waals surface area contributed by atoms with Crippen LogP contribution < -0.4 is 5.32 Å². The van der Waals surface area contributed by atoms with Gasteiger partial charge in [0.15, 0.2) is 0 Å². The Morgan fingerprint density at radius 3 is 2.57 bits per heavy atom. The fourth-order valence-corrected chi connectivity index (χ4v) is 3.51. The van der Waals surface area contributed by atoms with Crippen LogP contribution in [-0.2, 0) is 9.59 Å². The zero-order chi connectivity index (χ0) is 15.2. The van der Waals surface area contributed by atoms with Crippen molar-refractivity contribution in [1.82, 2.24) is 10.2 Å². The van der Waals surface area contributed by atoms with Gasteiger partial charge in [-0.3, -0.25) is 14.5 Å². The Morgan fingerprint density at radius 1 is 1.19 bits per heavy atom. The Kier molecular flexibility index (Phi) is 6.03. The predicted molar refractivity (Wildman–Crippen MR) is 81.0 cm³/mol. The van der Waals surface area contributed by atoms with Crippen molar-refractivity contribution >= 4 is 11.9 Å². The molecule has 0 radical (unpaired) electrons. The van der Waals surface area contributed by atoms with Crippen molar-refractivity contribution in [2.45, 2.75) is 70.4 Å². The van der Waals surface area contributed by atoms with Crippen LogP contribution in [0.3, 0.4) is 0 Å². The predicted octanol–water partition coefficient (Wildman–Crippen LogP) is 2.01. The van der Waals surface area contributed by atoms with Gasteiger partial charge in [-0.2, -0.15) is 0 Å². The van der Waals surface area contributed by atoms with Gasteiger partial charge >= 0.3 is 5.97 Å². The fourth-order valence-electron chi connectivity index (χ4n) is 3.51. The normalized spacial score (nSPS) is 28.2. The molecule has 2 N–H and O–H groups in total. The van der Waals surface area contributed by atoms with E-state index in [1.807, 2.05) is 4.90 Å². The third-order valence-corrected chi connectivity index (χ3v) is 4.86. The first-order chi connectivity index (χ1) is 10.1. The second-order valence-corrected chi connectivity index (χ2v) is 6.67. The molecule has 1 saturated carbocycles. The summed E-state index contributed by atoms with van der Waals surface area (Å²) in [5, 5.41) is 12.4. The first-order valence-electron chi connectivity index (χ1n) is 8.32. The van der Waals surface area contributed by atoms with Gasteiger partial charge in [-0.25, -0.2) is 0 Å². The lowest BCUT2D eigenvalue weighted by molar-refractivity contribution is -0.145. The van der Waals surface area contributed by atoms with Crippen LogP contribution in [0.5, 0.6) is 0 Å². The molecule has 1 amide bonds. The van der Waals surface area contributed by atoms with E-state index < -0.39 is 12.0 Å². The zero-order valence-electron chi connectivity index (χ0n) is 13.0. The molecule has 0 spiro atoms. The highest BCUT2D eigenvalue weighted by Crippen LogP contribution is 2.23. The molecule has 2 aliphatic rings. The number of nitrogens with one attached hydrogen (secondary N) is 1. The van der Waals surface area contributed by atoms with E-state index in [0.717, 1.165) is 25.8 Å². The van der Waals surface area contributed by atoms with Crippen LogP contribution >= 0.6 is 0 Å². The number of rotatable bonds is 5. The van der Waals surface area contributed by atoms with Crippen molar-refractivity contribution < 1.29 is 14.7 Å². The molecular weight excluding hydrogens is 268 g/mol. The number of aliphatic carboxylic acids is 1. The van der Waals surface area contributed by atoms with Crippen LogP contribution in [-0.4, -0.2) is 47.1 Å². The van der Waals surface area contributed by atoms with Gasteiger partial charge in [0, 0.05) is 19.0 Å². The summed E-state index contributed by atoms with van der Waals surface area (Å²) in [7, 11) is 0. The molecule has 2 unspecified atom stereocenters. The number of hydrogen-bond donors (Lipinski definition) is 2. The SMILES string of the molecule is CC1CCN(CCC(=O)NC2CCCCC2)C(C(=O)O)C1. The minimum atomic E-state index is -0.755. The second-order valence-electron chi connectivity index (χ2n) is 6.67. The summed E-state index contributed by atoms with van der Waals surface area (Å²) < 4.78 is 0. The molecule has 120 valence electrons. The number of amides is 1. The molecule has 0 bridgehead atoms. The van der Waals surface area contributed by atoms with E-state index in [2.05, 4.69) is 12.2 Å². The minimum Gasteiger partial charge on any atom is -0.480 e. The topological polar surface area (TPSA) is 69.6 Å². The van der Waals surface area contributed by atoms with Gasteiger partial charge in [0.1, 0.15) is 6.04 Å². The maximum atomic E-state index is 12.0. The van der Waals surface area contributed by atoms with E-state index in [0.29, 0.717) is 31.3 Å². The number of carboxylic acid groups (broad SMARTS) is 1. The van der Waals surface area contributed by atoms with Crippen molar-refractivity contribution in [3.05, 3.63) is 0 Å². The number of carbonyl (C=O) groups excluding carboxylic acids is 1. The van der Waals surface area contributed by atoms with Crippen LogP contribution in [0.15, 0.2) is 0 Å². The zero-order valence-corrected chi connectivity index (χ0v) is 13.0. The lowest BCUT2D eigenvalue weighted by Crippen LogP contribution is -2.48. The molecule has 5 heteroatoms. The van der Waals surface area contributed by atoms with E-state index in [1.54, 1.807) is 0 Å². The molecule has 5 nitrogen and oxygen atoms in total. The maximum absolute atomic E-state index is 12.0. The van der Waals surface area contributed by atoms with Gasteiger partial charge in [0.2, 0.25) is 5.91 Å². The molecule has 1 saturated heterocycles. The van der Waals surface area contributed by atoms with Gasteiger partial charge in [0.25, 0.3) is 0 Å². The lowest BCUT2D eigenvalue weighted by atomic mass is 9.92. The van der Waals surface area contributed by atoms with E-state index in [4.69, 9.17) is 0 Å². The lowest BCUT2D eigenvalue weighted by Gasteiger charge is -2.35. The van der Waals surface area contributed by atoms with Gasteiger partial charge in [-0.1, -0.05) is 26.2 Å². The Balaban J connectivity index is 1.75. The minimum absolute atomic E-state index is 0.0738. The molecule has 2 rings (SSSR count). The highest BCUT2D eigenvalue weighted by atomic mass is 16.4. The van der Waals surface area contributed by atoms with E-state index in [1.165, 1.54) is 19.3 Å². The second kappa shape index (κ2) is 7.78. The summed E-state index contributed by atoms with van der Waals surface area (Å²) >= 11 is 0. The number of carbonyl (C=O) groups is 2. The maximum Gasteiger partial charge on any atom is 0.320 e. The largest absolute Gasteiger partial charge is 0.480 e. The van der Waals surface area contributed by atoms with Crippen molar-refractivity contribution in [3.63, 3.8) is 0 Å². The number of piperidine rings is 1. The van der Waals surface area contributed by atoms with Crippen LogP contribution in [0.4, 0.5) is 0 Å². The van der Waals surface area contributed by atoms with Crippen molar-refractivity contribution in [2.24, 2.45) is 5.92 Å². The number of carboxylic acids is 1. The standard InChI is InChI=1S/C16H28N2O3/c1-12-7-9-18(14(11-12)16(20)21)10-8-15(19)17-13-5-3-2-4-6-13/h12-14H,2-11H2,1H3,(H,17,19)(H,20,21). The Hall–Kier alpha value is -1.10. The summed E-state index contributed by atoms with van der Waals surface area (Å²) in [6.07, 6.45) is 7.99. The van der Waals surface area contributed by atoms with Crippen LogP contribution in [0, 0.1) is 5.92 Å². The molecule has 2 fully saturated rings. The average molecular weight is 296 g/mol. The highest BCUT2D eigenvalue weighted by molar-refractivity contribution is 5.77. The van der Waals surface area contributed by atoms with Crippen LogP contribution in [0.25, 0.3) is 0 Å². The Morgan fingerprint density at radius 2 is 1.90 bits per heavy atom.